The lowest BCUT2D eigenvalue weighted by molar-refractivity contribution is 0.474. The first-order valence-corrected chi connectivity index (χ1v) is 9.78. The van der Waals surface area contributed by atoms with Crippen LogP contribution in [0.2, 0.25) is 0 Å². The number of anilines is 2. The molecule has 0 bridgehead atoms. The number of hydrogen-bond donors (Lipinski definition) is 0. The van der Waals surface area contributed by atoms with Gasteiger partial charge in [-0.25, -0.2) is 9.97 Å². The van der Waals surface area contributed by atoms with Gasteiger partial charge < -0.3 is 14.4 Å². The molecule has 0 aliphatic carbocycles. The number of aromatic nitrogens is 5. The normalized spacial score (nSPS) is 17.0. The van der Waals surface area contributed by atoms with Gasteiger partial charge in [0.2, 0.25) is 5.95 Å². The lowest BCUT2D eigenvalue weighted by atomic mass is 9.97. The minimum absolute atomic E-state index is 0.392. The van der Waals surface area contributed by atoms with E-state index in [9.17, 15) is 0 Å². The molecule has 4 rings (SSSR count). The minimum atomic E-state index is 0.392. The summed E-state index contributed by atoms with van der Waals surface area (Å²) in [6, 6.07) is 6.20. The fourth-order valence-electron chi connectivity index (χ4n) is 3.79. The maximum absolute atomic E-state index is 4.77. The van der Waals surface area contributed by atoms with Gasteiger partial charge in [-0.1, -0.05) is 0 Å². The van der Waals surface area contributed by atoms with Crippen molar-refractivity contribution in [3.05, 3.63) is 60.1 Å². The van der Waals surface area contributed by atoms with E-state index in [4.69, 9.17) is 9.97 Å². The highest BCUT2D eigenvalue weighted by atomic mass is 15.3. The topological polar surface area (TPSA) is 63.0 Å². The highest BCUT2D eigenvalue weighted by Crippen LogP contribution is 2.29. The summed E-state index contributed by atoms with van der Waals surface area (Å²) in [7, 11) is 3.96. The smallest absolute Gasteiger partial charge is 0.226 e. The first-order chi connectivity index (χ1) is 13.6. The predicted octanol–water partition coefficient (Wildman–Crippen LogP) is 2.87. The molecule has 1 aliphatic heterocycles. The van der Waals surface area contributed by atoms with Gasteiger partial charge in [0.1, 0.15) is 11.6 Å². The van der Waals surface area contributed by atoms with Gasteiger partial charge in [0.15, 0.2) is 0 Å². The molecule has 3 aromatic rings. The maximum Gasteiger partial charge on any atom is 0.226 e. The van der Waals surface area contributed by atoms with E-state index in [0.29, 0.717) is 5.92 Å². The van der Waals surface area contributed by atoms with Crippen molar-refractivity contribution >= 4 is 11.8 Å². The average Bonchev–Trinajstić information content (AvgIpc) is 3.16. The van der Waals surface area contributed by atoms with E-state index in [1.54, 1.807) is 0 Å². The van der Waals surface area contributed by atoms with Gasteiger partial charge in [0.05, 0.1) is 0 Å². The molecule has 0 saturated carbocycles. The molecule has 146 valence electrons. The molecule has 0 aromatic carbocycles. The van der Waals surface area contributed by atoms with E-state index in [2.05, 4.69) is 43.8 Å². The van der Waals surface area contributed by atoms with E-state index < -0.39 is 0 Å². The summed E-state index contributed by atoms with van der Waals surface area (Å²) in [5, 5.41) is 0. The molecular weight excluding hydrogens is 350 g/mol. The zero-order chi connectivity index (χ0) is 19.5. The van der Waals surface area contributed by atoms with Gasteiger partial charge in [0, 0.05) is 76.2 Å². The Hall–Kier alpha value is -2.96. The quantitative estimate of drug-likeness (QED) is 0.681. The van der Waals surface area contributed by atoms with Gasteiger partial charge >= 0.3 is 0 Å². The standard InChI is InChI=1S/C21H27N7/c1-16-13-19(25-21(24-16)26(2)3)27-11-4-5-18(15-27)20-23-10-12-28(20)14-17-6-8-22-9-7-17/h6-10,12-13,18H,4-5,11,14-15H2,1-3H3. The maximum atomic E-state index is 4.77. The van der Waals surface area contributed by atoms with Crippen molar-refractivity contribution in [2.75, 3.05) is 37.0 Å². The molecular formula is C21H27N7. The largest absolute Gasteiger partial charge is 0.356 e. The van der Waals surface area contributed by atoms with E-state index in [1.807, 2.05) is 44.5 Å². The molecule has 28 heavy (non-hydrogen) atoms. The summed E-state index contributed by atoms with van der Waals surface area (Å²) >= 11 is 0. The van der Waals surface area contributed by atoms with Gasteiger partial charge in [-0.2, -0.15) is 4.98 Å². The summed E-state index contributed by atoms with van der Waals surface area (Å²) in [6.45, 7) is 4.80. The third-order valence-electron chi connectivity index (χ3n) is 5.19. The Morgan fingerprint density at radius 1 is 1.14 bits per heavy atom. The Balaban J connectivity index is 1.55. The molecule has 1 saturated heterocycles. The molecule has 1 unspecified atom stereocenters. The van der Waals surface area contributed by atoms with Crippen LogP contribution in [0.25, 0.3) is 0 Å². The monoisotopic (exact) mass is 377 g/mol. The predicted molar refractivity (Wildman–Crippen MR) is 111 cm³/mol. The Labute approximate surface area is 166 Å². The zero-order valence-electron chi connectivity index (χ0n) is 16.8. The highest BCUT2D eigenvalue weighted by molar-refractivity contribution is 5.46. The van der Waals surface area contributed by atoms with Crippen LogP contribution in [-0.2, 0) is 6.54 Å². The SMILES string of the molecule is Cc1cc(N2CCCC(c3nccn3Cc3ccncc3)C2)nc(N(C)C)n1. The lowest BCUT2D eigenvalue weighted by Gasteiger charge is -2.34. The van der Waals surface area contributed by atoms with Crippen molar-refractivity contribution in [1.29, 1.82) is 0 Å². The van der Waals surface area contributed by atoms with E-state index in [0.717, 1.165) is 55.8 Å². The summed E-state index contributed by atoms with van der Waals surface area (Å²) in [4.78, 5) is 22.4. The molecule has 7 heteroatoms. The van der Waals surface area contributed by atoms with Crippen LogP contribution in [0.15, 0.2) is 43.0 Å². The summed E-state index contributed by atoms with van der Waals surface area (Å²) in [6.07, 6.45) is 9.95. The Kier molecular flexibility index (Phi) is 5.23. The lowest BCUT2D eigenvalue weighted by Crippen LogP contribution is -2.36. The first kappa shape index (κ1) is 18.4. The molecule has 0 N–H and O–H groups in total. The Morgan fingerprint density at radius 2 is 1.96 bits per heavy atom. The van der Waals surface area contributed by atoms with Crippen LogP contribution < -0.4 is 9.80 Å². The molecule has 0 radical (unpaired) electrons. The van der Waals surface area contributed by atoms with Gasteiger partial charge in [-0.3, -0.25) is 4.98 Å². The zero-order valence-corrected chi connectivity index (χ0v) is 16.8. The molecule has 1 fully saturated rings. The van der Waals surface area contributed by atoms with Crippen molar-refractivity contribution in [3.63, 3.8) is 0 Å². The Bertz CT molecular complexity index is 920. The molecule has 3 aromatic heterocycles. The molecule has 7 nitrogen and oxygen atoms in total. The van der Waals surface area contributed by atoms with Gasteiger partial charge in [0.25, 0.3) is 0 Å². The fourth-order valence-corrected chi connectivity index (χ4v) is 3.79. The van der Waals surface area contributed by atoms with Crippen LogP contribution in [-0.4, -0.2) is 51.7 Å². The number of nitrogens with zero attached hydrogens (tertiary/aromatic N) is 7. The van der Waals surface area contributed by atoms with Crippen LogP contribution in [0.1, 0.15) is 35.8 Å². The van der Waals surface area contributed by atoms with Crippen LogP contribution in [0.3, 0.4) is 0 Å². The fraction of sp³-hybridized carbons (Fsp3) is 0.429. The molecule has 0 amide bonds. The molecule has 1 aliphatic rings. The Morgan fingerprint density at radius 3 is 2.75 bits per heavy atom. The second-order valence-corrected chi connectivity index (χ2v) is 7.62. The van der Waals surface area contributed by atoms with Crippen LogP contribution in [0.5, 0.6) is 0 Å². The van der Waals surface area contributed by atoms with Crippen molar-refractivity contribution in [2.45, 2.75) is 32.2 Å². The van der Waals surface area contributed by atoms with E-state index in [-0.39, 0.29) is 0 Å². The first-order valence-electron chi connectivity index (χ1n) is 9.78. The molecule has 0 spiro atoms. The van der Waals surface area contributed by atoms with Crippen molar-refractivity contribution < 1.29 is 0 Å². The average molecular weight is 377 g/mol. The van der Waals surface area contributed by atoms with Crippen LogP contribution in [0.4, 0.5) is 11.8 Å². The van der Waals surface area contributed by atoms with E-state index in [1.165, 1.54) is 5.56 Å². The number of aryl methyl sites for hydroxylation is 1. The van der Waals surface area contributed by atoms with E-state index >= 15 is 0 Å². The third-order valence-corrected chi connectivity index (χ3v) is 5.19. The van der Waals surface area contributed by atoms with Crippen molar-refractivity contribution in [2.24, 2.45) is 0 Å². The van der Waals surface area contributed by atoms with Gasteiger partial charge in [-0.05, 0) is 37.5 Å². The second kappa shape index (κ2) is 7.96. The number of imidazole rings is 1. The number of pyridine rings is 1. The molecule has 1 atom stereocenters. The number of piperidine rings is 1. The van der Waals surface area contributed by atoms with Crippen LogP contribution in [0, 0.1) is 6.92 Å². The molecule has 4 heterocycles. The third kappa shape index (κ3) is 3.98. The second-order valence-electron chi connectivity index (χ2n) is 7.62. The number of rotatable bonds is 5. The van der Waals surface area contributed by atoms with Gasteiger partial charge in [-0.15, -0.1) is 0 Å². The number of hydrogen-bond acceptors (Lipinski definition) is 6. The summed E-state index contributed by atoms with van der Waals surface area (Å²) in [5.74, 6) is 3.31. The van der Waals surface area contributed by atoms with Crippen molar-refractivity contribution in [1.82, 2.24) is 24.5 Å². The summed E-state index contributed by atoms with van der Waals surface area (Å²) < 4.78 is 2.26. The minimum Gasteiger partial charge on any atom is -0.356 e. The van der Waals surface area contributed by atoms with Crippen LogP contribution >= 0.6 is 0 Å². The summed E-state index contributed by atoms with van der Waals surface area (Å²) in [5.41, 5.74) is 2.24. The van der Waals surface area contributed by atoms with Crippen molar-refractivity contribution in [3.8, 4) is 0 Å². The highest BCUT2D eigenvalue weighted by Gasteiger charge is 2.26.